The van der Waals surface area contributed by atoms with Crippen molar-refractivity contribution in [1.29, 1.82) is 0 Å². The molecule has 0 bridgehead atoms. The number of H-pyrrole nitrogens is 1. The van der Waals surface area contributed by atoms with Gasteiger partial charge in [0.25, 0.3) is 11.5 Å². The van der Waals surface area contributed by atoms with Crippen LogP contribution in [0.25, 0.3) is 0 Å². The molecule has 1 aliphatic heterocycles. The number of nitrogens with zero attached hydrogens (tertiary/aromatic N) is 3. The molecule has 0 spiro atoms. The number of piperidine rings is 1. The molecule has 6 nitrogen and oxygen atoms in total. The second-order valence-corrected chi connectivity index (χ2v) is 7.60. The second-order valence-electron chi connectivity index (χ2n) is 7.17. The van der Waals surface area contributed by atoms with Gasteiger partial charge in [-0.2, -0.15) is 0 Å². The molecular weight excluding hydrogens is 364 g/mol. The van der Waals surface area contributed by atoms with Gasteiger partial charge in [-0.15, -0.1) is 0 Å². The quantitative estimate of drug-likeness (QED) is 0.825. The van der Waals surface area contributed by atoms with E-state index in [1.54, 1.807) is 11.9 Å². The zero-order chi connectivity index (χ0) is 19.2. The number of halogens is 1. The number of amides is 1. The third kappa shape index (κ3) is 5.40. The number of aromatic amines is 1. The van der Waals surface area contributed by atoms with Crippen molar-refractivity contribution < 1.29 is 4.79 Å². The highest BCUT2D eigenvalue weighted by atomic mass is 35.5. The largest absolute Gasteiger partial charge is 0.341 e. The topological polar surface area (TPSA) is 69.3 Å². The summed E-state index contributed by atoms with van der Waals surface area (Å²) in [5, 5.41) is 0.761. The van der Waals surface area contributed by atoms with Gasteiger partial charge in [-0.1, -0.05) is 23.7 Å². The average molecular weight is 389 g/mol. The van der Waals surface area contributed by atoms with E-state index in [1.165, 1.54) is 18.1 Å². The average Bonchev–Trinajstić information content (AvgIpc) is 2.68. The molecule has 1 saturated heterocycles. The maximum Gasteiger partial charge on any atom is 0.263 e. The van der Waals surface area contributed by atoms with Gasteiger partial charge in [-0.25, -0.2) is 4.98 Å². The van der Waals surface area contributed by atoms with Gasteiger partial charge in [0.2, 0.25) is 0 Å². The van der Waals surface area contributed by atoms with Crippen LogP contribution >= 0.6 is 11.6 Å². The molecule has 3 rings (SSSR count). The Labute approximate surface area is 164 Å². The Hall–Kier alpha value is -2.18. The van der Waals surface area contributed by atoms with Crippen LogP contribution in [0.4, 0.5) is 0 Å². The minimum absolute atomic E-state index is 0.0930. The Kier molecular flexibility index (Phi) is 6.63. The van der Waals surface area contributed by atoms with Crippen LogP contribution in [-0.4, -0.2) is 58.9 Å². The summed E-state index contributed by atoms with van der Waals surface area (Å²) in [5.74, 6) is 0.135. The molecule has 0 radical (unpaired) electrons. The predicted molar refractivity (Wildman–Crippen MR) is 106 cm³/mol. The summed E-state index contributed by atoms with van der Waals surface area (Å²) in [4.78, 5) is 34.7. The molecule has 0 aliphatic carbocycles. The number of hydrogen-bond donors (Lipinski definition) is 1. The fraction of sp³-hybridized carbons (Fsp3) is 0.450. The molecule has 0 saturated carbocycles. The minimum Gasteiger partial charge on any atom is -0.341 e. The summed E-state index contributed by atoms with van der Waals surface area (Å²) in [5.41, 5.74) is 0.982. The zero-order valence-electron chi connectivity index (χ0n) is 15.5. The smallest absolute Gasteiger partial charge is 0.263 e. The van der Waals surface area contributed by atoms with E-state index in [4.69, 9.17) is 11.6 Å². The van der Waals surface area contributed by atoms with Crippen molar-refractivity contribution in [2.75, 3.05) is 33.2 Å². The van der Waals surface area contributed by atoms with Crippen LogP contribution in [0.3, 0.4) is 0 Å². The first-order valence-corrected chi connectivity index (χ1v) is 9.65. The number of likely N-dealkylation sites (tertiary alicyclic amines) is 1. The SMILES string of the molecule is CN(CC1CCCN(CCc2ccc(Cl)cc2)C1)C(=O)c1cnc[nH]c1=O. The van der Waals surface area contributed by atoms with Gasteiger partial charge in [0, 0.05) is 37.9 Å². The van der Waals surface area contributed by atoms with Crippen molar-refractivity contribution in [2.45, 2.75) is 19.3 Å². The Bertz CT molecular complexity index is 821. The summed E-state index contributed by atoms with van der Waals surface area (Å²) >= 11 is 5.94. The van der Waals surface area contributed by atoms with Gasteiger partial charge in [0.1, 0.15) is 5.56 Å². The monoisotopic (exact) mass is 388 g/mol. The first kappa shape index (κ1) is 19.6. The first-order valence-electron chi connectivity index (χ1n) is 9.28. The number of hydrogen-bond acceptors (Lipinski definition) is 4. The van der Waals surface area contributed by atoms with Crippen molar-refractivity contribution in [3.63, 3.8) is 0 Å². The minimum atomic E-state index is -0.393. The molecular formula is C20H25ClN4O2. The van der Waals surface area contributed by atoms with Gasteiger partial charge < -0.3 is 14.8 Å². The van der Waals surface area contributed by atoms with Crippen LogP contribution in [0.5, 0.6) is 0 Å². The number of carbonyl (C=O) groups excluding carboxylic acids is 1. The summed E-state index contributed by atoms with van der Waals surface area (Å²) < 4.78 is 0. The molecule has 1 N–H and O–H groups in total. The molecule has 2 aromatic rings. The fourth-order valence-corrected chi connectivity index (χ4v) is 3.74. The van der Waals surface area contributed by atoms with Crippen LogP contribution in [0, 0.1) is 5.92 Å². The molecule has 1 amide bonds. The lowest BCUT2D eigenvalue weighted by Gasteiger charge is -2.34. The van der Waals surface area contributed by atoms with E-state index in [1.807, 2.05) is 12.1 Å². The highest BCUT2D eigenvalue weighted by Gasteiger charge is 2.24. The molecule has 7 heteroatoms. The van der Waals surface area contributed by atoms with E-state index >= 15 is 0 Å². The molecule has 1 aliphatic rings. The zero-order valence-corrected chi connectivity index (χ0v) is 16.3. The Morgan fingerprint density at radius 3 is 2.89 bits per heavy atom. The van der Waals surface area contributed by atoms with Crippen LogP contribution in [0.1, 0.15) is 28.8 Å². The third-order valence-electron chi connectivity index (χ3n) is 5.06. The molecule has 1 aromatic heterocycles. The molecule has 1 unspecified atom stereocenters. The van der Waals surface area contributed by atoms with Crippen molar-refractivity contribution in [3.8, 4) is 0 Å². The number of aromatic nitrogens is 2. The summed E-state index contributed by atoms with van der Waals surface area (Å²) in [7, 11) is 1.75. The highest BCUT2D eigenvalue weighted by molar-refractivity contribution is 6.30. The standard InChI is InChI=1S/C20H25ClN4O2/c1-24(20(27)18-11-22-14-23-19(18)26)12-16-3-2-9-25(13-16)10-8-15-4-6-17(21)7-5-15/h4-7,11,14,16H,2-3,8-10,12-13H2,1H3,(H,22,23,26). The number of rotatable bonds is 6. The molecule has 1 fully saturated rings. The lowest BCUT2D eigenvalue weighted by molar-refractivity contribution is 0.0728. The normalized spacial score (nSPS) is 17.6. The molecule has 27 heavy (non-hydrogen) atoms. The van der Waals surface area contributed by atoms with Crippen LogP contribution < -0.4 is 5.56 Å². The van der Waals surface area contributed by atoms with Crippen LogP contribution in [0.15, 0.2) is 41.6 Å². The number of nitrogens with one attached hydrogen (secondary N) is 1. The molecule has 2 heterocycles. The van der Waals surface area contributed by atoms with Crippen LogP contribution in [-0.2, 0) is 6.42 Å². The molecule has 1 aromatic carbocycles. The van der Waals surface area contributed by atoms with Crippen molar-refractivity contribution >= 4 is 17.5 Å². The van der Waals surface area contributed by atoms with E-state index in [0.717, 1.165) is 43.9 Å². The third-order valence-corrected chi connectivity index (χ3v) is 5.31. The Morgan fingerprint density at radius 2 is 2.15 bits per heavy atom. The second kappa shape index (κ2) is 9.15. The van der Waals surface area contributed by atoms with Gasteiger partial charge in [0.15, 0.2) is 0 Å². The highest BCUT2D eigenvalue weighted by Crippen LogP contribution is 2.19. The Morgan fingerprint density at radius 1 is 1.37 bits per heavy atom. The molecule has 1 atom stereocenters. The predicted octanol–water partition coefficient (Wildman–Crippen LogP) is 2.45. The Balaban J connectivity index is 1.51. The van der Waals surface area contributed by atoms with Gasteiger partial charge in [0.05, 0.1) is 6.33 Å². The van der Waals surface area contributed by atoms with Crippen molar-refractivity contribution in [3.05, 3.63) is 63.3 Å². The molecule has 144 valence electrons. The number of carbonyl (C=O) groups is 1. The fourth-order valence-electron chi connectivity index (χ4n) is 3.61. The maximum absolute atomic E-state index is 12.5. The maximum atomic E-state index is 12.5. The van der Waals surface area contributed by atoms with E-state index in [-0.39, 0.29) is 11.5 Å². The van der Waals surface area contributed by atoms with Gasteiger partial charge in [-0.3, -0.25) is 9.59 Å². The van der Waals surface area contributed by atoms with Gasteiger partial charge >= 0.3 is 0 Å². The van der Waals surface area contributed by atoms with Gasteiger partial charge in [-0.05, 0) is 49.4 Å². The lowest BCUT2D eigenvalue weighted by atomic mass is 9.97. The van der Waals surface area contributed by atoms with E-state index in [2.05, 4.69) is 27.0 Å². The number of benzene rings is 1. The summed E-state index contributed by atoms with van der Waals surface area (Å²) in [6, 6.07) is 8.00. The van der Waals surface area contributed by atoms with Crippen molar-refractivity contribution in [1.82, 2.24) is 19.8 Å². The lowest BCUT2D eigenvalue weighted by Crippen LogP contribution is -2.43. The first-order chi connectivity index (χ1) is 13.0. The summed E-state index contributed by atoms with van der Waals surface area (Å²) in [6.07, 6.45) is 5.83. The van der Waals surface area contributed by atoms with E-state index < -0.39 is 5.56 Å². The van der Waals surface area contributed by atoms with E-state index in [9.17, 15) is 9.59 Å². The van der Waals surface area contributed by atoms with Crippen LogP contribution in [0.2, 0.25) is 5.02 Å². The summed E-state index contributed by atoms with van der Waals surface area (Å²) in [6.45, 7) is 3.70. The van der Waals surface area contributed by atoms with Crippen molar-refractivity contribution in [2.24, 2.45) is 5.92 Å². The van der Waals surface area contributed by atoms with E-state index in [0.29, 0.717) is 12.5 Å².